The van der Waals surface area contributed by atoms with E-state index in [0.717, 1.165) is 12.8 Å². The number of hydrogen-bond acceptors (Lipinski definition) is 0. The average molecular weight is 264 g/mol. The third-order valence-electron chi connectivity index (χ3n) is 3.69. The molecule has 0 aliphatic rings. The highest BCUT2D eigenvalue weighted by Crippen LogP contribution is 2.11. The summed E-state index contributed by atoms with van der Waals surface area (Å²) in [5.41, 5.74) is 0. The number of hydrogen-bond donors (Lipinski definition) is 0. The maximum absolute atomic E-state index is 3.32. The van der Waals surface area contributed by atoms with Gasteiger partial charge in [-0.05, 0) is 12.8 Å². The van der Waals surface area contributed by atoms with E-state index in [1.165, 1.54) is 83.5 Å². The highest BCUT2D eigenvalue weighted by Gasteiger charge is 1.91. The van der Waals surface area contributed by atoms with Crippen molar-refractivity contribution in [3.05, 3.63) is 0 Å². The SMILES string of the molecule is CCCCCC#CCCCCCCCCCCCC. The molecule has 0 heterocycles. The van der Waals surface area contributed by atoms with E-state index < -0.39 is 0 Å². The van der Waals surface area contributed by atoms with Crippen LogP contribution in [0.5, 0.6) is 0 Å². The van der Waals surface area contributed by atoms with Crippen LogP contribution in [0, 0.1) is 11.8 Å². The van der Waals surface area contributed by atoms with Crippen LogP contribution in [-0.2, 0) is 0 Å². The molecule has 0 aromatic carbocycles. The fourth-order valence-electron chi connectivity index (χ4n) is 2.34. The van der Waals surface area contributed by atoms with Crippen LogP contribution >= 0.6 is 0 Å². The summed E-state index contributed by atoms with van der Waals surface area (Å²) in [6, 6.07) is 0. The first-order chi connectivity index (χ1) is 9.41. The third kappa shape index (κ3) is 17.6. The lowest BCUT2D eigenvalue weighted by molar-refractivity contribution is 0.558. The lowest BCUT2D eigenvalue weighted by Gasteiger charge is -2.00. The summed E-state index contributed by atoms with van der Waals surface area (Å²) in [6.07, 6.45) is 20.3. The summed E-state index contributed by atoms with van der Waals surface area (Å²) in [4.78, 5) is 0. The van der Waals surface area contributed by atoms with Crippen molar-refractivity contribution < 1.29 is 0 Å². The number of rotatable bonds is 13. The molecule has 0 bridgehead atoms. The summed E-state index contributed by atoms with van der Waals surface area (Å²) < 4.78 is 0. The summed E-state index contributed by atoms with van der Waals surface area (Å²) >= 11 is 0. The second-order valence-electron chi connectivity index (χ2n) is 5.74. The highest BCUT2D eigenvalue weighted by molar-refractivity contribution is 4.98. The van der Waals surface area contributed by atoms with Gasteiger partial charge >= 0.3 is 0 Å². The largest absolute Gasteiger partial charge is 0.103 e. The molecule has 19 heavy (non-hydrogen) atoms. The summed E-state index contributed by atoms with van der Waals surface area (Å²) in [7, 11) is 0. The predicted octanol–water partition coefficient (Wildman–Crippen LogP) is 6.88. The Morgan fingerprint density at radius 1 is 0.421 bits per heavy atom. The van der Waals surface area contributed by atoms with Crippen molar-refractivity contribution >= 4 is 0 Å². The van der Waals surface area contributed by atoms with Crippen LogP contribution in [0.25, 0.3) is 0 Å². The number of unbranched alkanes of at least 4 members (excludes halogenated alkanes) is 13. The molecule has 0 N–H and O–H groups in total. The highest BCUT2D eigenvalue weighted by atomic mass is 14.0. The maximum Gasteiger partial charge on any atom is 0.00886 e. The van der Waals surface area contributed by atoms with Crippen molar-refractivity contribution in [3.63, 3.8) is 0 Å². The first-order valence-electron chi connectivity index (χ1n) is 8.87. The van der Waals surface area contributed by atoms with Gasteiger partial charge in [0.15, 0.2) is 0 Å². The Bertz CT molecular complexity index is 206. The van der Waals surface area contributed by atoms with E-state index in [-0.39, 0.29) is 0 Å². The van der Waals surface area contributed by atoms with Crippen LogP contribution in [0.4, 0.5) is 0 Å². The lowest BCUT2D eigenvalue weighted by atomic mass is 10.1. The topological polar surface area (TPSA) is 0 Å². The minimum absolute atomic E-state index is 1.12. The van der Waals surface area contributed by atoms with E-state index in [2.05, 4.69) is 25.7 Å². The normalized spacial score (nSPS) is 10.2. The fraction of sp³-hybridized carbons (Fsp3) is 0.895. The van der Waals surface area contributed by atoms with Gasteiger partial charge in [0.2, 0.25) is 0 Å². The van der Waals surface area contributed by atoms with E-state index in [4.69, 9.17) is 0 Å². The van der Waals surface area contributed by atoms with Crippen LogP contribution < -0.4 is 0 Å². The minimum atomic E-state index is 1.12. The van der Waals surface area contributed by atoms with E-state index in [1.54, 1.807) is 0 Å². The molecule has 0 atom stereocenters. The van der Waals surface area contributed by atoms with E-state index in [9.17, 15) is 0 Å². The monoisotopic (exact) mass is 264 g/mol. The molecule has 0 aromatic rings. The van der Waals surface area contributed by atoms with Gasteiger partial charge in [0.25, 0.3) is 0 Å². The molecule has 0 aliphatic carbocycles. The summed E-state index contributed by atoms with van der Waals surface area (Å²) in [5.74, 6) is 6.62. The van der Waals surface area contributed by atoms with Gasteiger partial charge in [-0.3, -0.25) is 0 Å². The smallest absolute Gasteiger partial charge is 0.00886 e. The Morgan fingerprint density at radius 2 is 0.737 bits per heavy atom. The zero-order valence-corrected chi connectivity index (χ0v) is 13.6. The minimum Gasteiger partial charge on any atom is -0.103 e. The van der Waals surface area contributed by atoms with E-state index in [0.29, 0.717) is 0 Å². The van der Waals surface area contributed by atoms with Gasteiger partial charge in [-0.25, -0.2) is 0 Å². The maximum atomic E-state index is 3.32. The standard InChI is InChI=1S/C19H36/c1-3-5-7-9-11-13-15-17-19-18-16-14-12-10-8-6-4-2/h3-11,13,15-19H2,1-2H3. The van der Waals surface area contributed by atoms with Crippen LogP contribution in [0.15, 0.2) is 0 Å². The molecule has 0 aliphatic heterocycles. The van der Waals surface area contributed by atoms with E-state index >= 15 is 0 Å². The van der Waals surface area contributed by atoms with Crippen molar-refractivity contribution in [1.82, 2.24) is 0 Å². The Balaban J connectivity index is 3.02. The second-order valence-corrected chi connectivity index (χ2v) is 5.74. The van der Waals surface area contributed by atoms with Crippen molar-refractivity contribution in [2.75, 3.05) is 0 Å². The zero-order valence-electron chi connectivity index (χ0n) is 13.6. The molecule has 0 amide bonds. The molecule has 0 spiro atoms. The molecule has 0 radical (unpaired) electrons. The third-order valence-corrected chi connectivity index (χ3v) is 3.69. The average Bonchev–Trinajstić information content (AvgIpc) is 2.43. The summed E-state index contributed by atoms with van der Waals surface area (Å²) in [5, 5.41) is 0. The van der Waals surface area contributed by atoms with Gasteiger partial charge in [0, 0.05) is 12.8 Å². The van der Waals surface area contributed by atoms with Gasteiger partial charge in [0.05, 0.1) is 0 Å². The molecule has 0 fully saturated rings. The fourth-order valence-corrected chi connectivity index (χ4v) is 2.34. The Hall–Kier alpha value is -0.440. The first-order valence-corrected chi connectivity index (χ1v) is 8.87. The lowest BCUT2D eigenvalue weighted by Crippen LogP contribution is -1.81. The Morgan fingerprint density at radius 3 is 1.21 bits per heavy atom. The molecule has 0 nitrogen and oxygen atoms in total. The molecule has 0 saturated heterocycles. The molecule has 0 aromatic heterocycles. The van der Waals surface area contributed by atoms with Crippen molar-refractivity contribution in [2.24, 2.45) is 0 Å². The van der Waals surface area contributed by atoms with Crippen LogP contribution in [0.1, 0.15) is 110 Å². The van der Waals surface area contributed by atoms with Gasteiger partial charge < -0.3 is 0 Å². The van der Waals surface area contributed by atoms with Gasteiger partial charge in [-0.1, -0.05) is 84.5 Å². The van der Waals surface area contributed by atoms with Crippen molar-refractivity contribution in [3.8, 4) is 11.8 Å². The quantitative estimate of drug-likeness (QED) is 0.251. The summed E-state index contributed by atoms with van der Waals surface area (Å²) in [6.45, 7) is 4.53. The second kappa shape index (κ2) is 17.6. The molecule has 0 heteroatoms. The van der Waals surface area contributed by atoms with Crippen LogP contribution in [0.3, 0.4) is 0 Å². The molecule has 0 unspecified atom stereocenters. The first kappa shape index (κ1) is 18.6. The zero-order chi connectivity index (χ0) is 14.0. The van der Waals surface area contributed by atoms with Crippen LogP contribution in [-0.4, -0.2) is 0 Å². The molecule has 0 rings (SSSR count). The van der Waals surface area contributed by atoms with Crippen molar-refractivity contribution in [1.29, 1.82) is 0 Å². The van der Waals surface area contributed by atoms with Gasteiger partial charge in [0.1, 0.15) is 0 Å². The van der Waals surface area contributed by atoms with Crippen molar-refractivity contribution in [2.45, 2.75) is 110 Å². The Labute approximate surface area is 122 Å². The van der Waals surface area contributed by atoms with E-state index in [1.807, 2.05) is 0 Å². The Kier molecular flexibility index (Phi) is 17.2. The molecular weight excluding hydrogens is 228 g/mol. The molecule has 112 valence electrons. The molecular formula is C19H36. The molecule has 0 saturated carbocycles. The van der Waals surface area contributed by atoms with Crippen LogP contribution in [0.2, 0.25) is 0 Å². The van der Waals surface area contributed by atoms with Gasteiger partial charge in [-0.15, -0.1) is 11.8 Å². The van der Waals surface area contributed by atoms with Gasteiger partial charge in [-0.2, -0.15) is 0 Å². The predicted molar refractivity (Wildman–Crippen MR) is 88.4 cm³/mol.